The molecule has 0 spiro atoms. The van der Waals surface area contributed by atoms with Crippen LogP contribution in [-0.2, 0) is 4.74 Å². The normalized spacial score (nSPS) is 17.2. The van der Waals surface area contributed by atoms with Gasteiger partial charge in [-0.3, -0.25) is 19.7 Å². The Morgan fingerprint density at radius 3 is 2.81 bits per heavy atom. The SMILES string of the molecule is COC(=O)c1c(C)[nH]c2c1C1CCN(C(=O)c3cc4cc([N+](=O)[O-])ccc4o3)C1=CC2=O. The Morgan fingerprint density at radius 1 is 1.31 bits per heavy atom. The minimum absolute atomic E-state index is 0.0127. The van der Waals surface area contributed by atoms with Gasteiger partial charge in [0.1, 0.15) is 5.58 Å². The number of ether oxygens (including phenoxy) is 1. The maximum absolute atomic E-state index is 13.2. The number of hydrogen-bond donors (Lipinski definition) is 1. The highest BCUT2D eigenvalue weighted by atomic mass is 16.6. The van der Waals surface area contributed by atoms with Crippen LogP contribution < -0.4 is 0 Å². The molecule has 2 aliphatic rings. The van der Waals surface area contributed by atoms with Crippen LogP contribution in [-0.4, -0.2) is 46.1 Å². The van der Waals surface area contributed by atoms with Crippen molar-refractivity contribution in [3.05, 3.63) is 74.4 Å². The molecule has 1 saturated heterocycles. The van der Waals surface area contributed by atoms with Crippen molar-refractivity contribution in [2.75, 3.05) is 13.7 Å². The maximum atomic E-state index is 13.2. The Morgan fingerprint density at radius 2 is 2.09 bits per heavy atom. The monoisotopic (exact) mass is 435 g/mol. The number of nitrogens with one attached hydrogen (secondary N) is 1. The largest absolute Gasteiger partial charge is 0.465 e. The predicted molar refractivity (Wildman–Crippen MR) is 111 cm³/mol. The van der Waals surface area contributed by atoms with E-state index in [0.29, 0.717) is 52.1 Å². The summed E-state index contributed by atoms with van der Waals surface area (Å²) in [6.07, 6.45) is 1.92. The smallest absolute Gasteiger partial charge is 0.340 e. The van der Waals surface area contributed by atoms with Crippen LogP contribution in [0.2, 0.25) is 0 Å². The lowest BCUT2D eigenvalue weighted by molar-refractivity contribution is -0.384. The van der Waals surface area contributed by atoms with Crippen LogP contribution in [0.3, 0.4) is 0 Å². The molecular weight excluding hydrogens is 418 g/mol. The van der Waals surface area contributed by atoms with Crippen LogP contribution >= 0.6 is 0 Å². The molecule has 1 N–H and O–H groups in total. The van der Waals surface area contributed by atoms with Gasteiger partial charge in [-0.1, -0.05) is 0 Å². The average molecular weight is 435 g/mol. The zero-order valence-electron chi connectivity index (χ0n) is 17.1. The van der Waals surface area contributed by atoms with Crippen molar-refractivity contribution in [3.8, 4) is 0 Å². The van der Waals surface area contributed by atoms with Crippen LogP contribution in [0.25, 0.3) is 11.0 Å². The van der Waals surface area contributed by atoms with Gasteiger partial charge in [0, 0.05) is 53.0 Å². The molecular formula is C22H17N3O7. The number of amides is 1. The molecule has 10 nitrogen and oxygen atoms in total. The second-order valence-electron chi connectivity index (χ2n) is 7.73. The summed E-state index contributed by atoms with van der Waals surface area (Å²) >= 11 is 0. The number of hydrogen-bond acceptors (Lipinski definition) is 7. The van der Waals surface area contributed by atoms with Crippen molar-refractivity contribution < 1.29 is 28.5 Å². The zero-order valence-corrected chi connectivity index (χ0v) is 17.1. The summed E-state index contributed by atoms with van der Waals surface area (Å²) in [7, 11) is 1.28. The second-order valence-corrected chi connectivity index (χ2v) is 7.73. The Bertz CT molecular complexity index is 1380. The lowest BCUT2D eigenvalue weighted by Crippen LogP contribution is -2.28. The number of carbonyl (C=O) groups excluding carboxylic acids is 3. The minimum Gasteiger partial charge on any atom is -0.465 e. The molecule has 1 atom stereocenters. The van der Waals surface area contributed by atoms with Gasteiger partial charge in [-0.05, 0) is 25.5 Å². The van der Waals surface area contributed by atoms with Crippen LogP contribution in [0.1, 0.15) is 55.0 Å². The number of benzene rings is 1. The first-order chi connectivity index (χ1) is 15.3. The molecule has 0 bridgehead atoms. The Kier molecular flexibility index (Phi) is 4.26. The number of allylic oxidation sites excluding steroid dienone is 2. The van der Waals surface area contributed by atoms with Crippen LogP contribution in [0.4, 0.5) is 5.69 Å². The first kappa shape index (κ1) is 19.7. The van der Waals surface area contributed by atoms with Gasteiger partial charge in [0.15, 0.2) is 5.76 Å². The van der Waals surface area contributed by atoms with Crippen molar-refractivity contribution >= 4 is 34.3 Å². The number of nitro benzene ring substituents is 1. The number of aromatic amines is 1. The van der Waals surface area contributed by atoms with E-state index in [0.717, 1.165) is 0 Å². The molecule has 1 fully saturated rings. The van der Waals surface area contributed by atoms with Crippen molar-refractivity contribution in [1.29, 1.82) is 0 Å². The summed E-state index contributed by atoms with van der Waals surface area (Å²) in [6, 6.07) is 5.54. The quantitative estimate of drug-likeness (QED) is 0.378. The van der Waals surface area contributed by atoms with E-state index in [1.165, 1.54) is 42.4 Å². The molecule has 1 aliphatic carbocycles. The molecule has 3 aromatic rings. The van der Waals surface area contributed by atoms with Gasteiger partial charge < -0.3 is 19.0 Å². The number of aryl methyl sites for hydroxylation is 1. The van der Waals surface area contributed by atoms with Crippen LogP contribution in [0, 0.1) is 17.0 Å². The van der Waals surface area contributed by atoms with Gasteiger partial charge in [0.2, 0.25) is 5.78 Å². The van der Waals surface area contributed by atoms with E-state index in [9.17, 15) is 24.5 Å². The van der Waals surface area contributed by atoms with E-state index in [2.05, 4.69) is 4.98 Å². The number of fused-ring (bicyclic) bond motifs is 4. The number of esters is 1. The van der Waals surface area contributed by atoms with E-state index in [-0.39, 0.29) is 23.1 Å². The summed E-state index contributed by atoms with van der Waals surface area (Å²) in [4.78, 5) is 53.3. The topological polar surface area (TPSA) is 136 Å². The van der Waals surface area contributed by atoms with E-state index in [1.807, 2.05) is 0 Å². The fourth-order valence-corrected chi connectivity index (χ4v) is 4.55. The number of rotatable bonds is 3. The zero-order chi connectivity index (χ0) is 22.7. The van der Waals surface area contributed by atoms with Gasteiger partial charge in [-0.25, -0.2) is 4.79 Å². The lowest BCUT2D eigenvalue weighted by Gasteiger charge is -2.23. The third-order valence-corrected chi connectivity index (χ3v) is 5.97. The molecule has 1 aliphatic heterocycles. The maximum Gasteiger partial charge on any atom is 0.340 e. The number of non-ortho nitro benzene ring substituents is 1. The summed E-state index contributed by atoms with van der Waals surface area (Å²) in [5.41, 5.74) is 2.47. The number of methoxy groups -OCH3 is 1. The molecule has 5 rings (SSSR count). The summed E-state index contributed by atoms with van der Waals surface area (Å²) in [6.45, 7) is 2.02. The van der Waals surface area contributed by atoms with E-state index >= 15 is 0 Å². The van der Waals surface area contributed by atoms with E-state index < -0.39 is 16.8 Å². The molecule has 1 unspecified atom stereocenters. The summed E-state index contributed by atoms with van der Waals surface area (Å²) < 4.78 is 10.5. The number of aromatic nitrogens is 1. The molecule has 2 aromatic heterocycles. The number of likely N-dealkylation sites (tertiary alicyclic amines) is 1. The van der Waals surface area contributed by atoms with Crippen molar-refractivity contribution in [1.82, 2.24) is 9.88 Å². The molecule has 1 amide bonds. The average Bonchev–Trinajstić information content (AvgIpc) is 3.46. The number of carbonyl (C=O) groups is 3. The van der Waals surface area contributed by atoms with Crippen molar-refractivity contribution in [2.24, 2.45) is 0 Å². The highest BCUT2D eigenvalue weighted by Crippen LogP contribution is 2.44. The minimum atomic E-state index is -0.544. The fourth-order valence-electron chi connectivity index (χ4n) is 4.55. The third-order valence-electron chi connectivity index (χ3n) is 5.97. The van der Waals surface area contributed by atoms with E-state index in [4.69, 9.17) is 9.15 Å². The summed E-state index contributed by atoms with van der Waals surface area (Å²) in [5.74, 6) is -1.64. The molecule has 1 aromatic carbocycles. The number of furan rings is 1. The molecule has 10 heteroatoms. The lowest BCUT2D eigenvalue weighted by atomic mass is 9.86. The second kappa shape index (κ2) is 6.91. The van der Waals surface area contributed by atoms with Crippen LogP contribution in [0.15, 0.2) is 40.5 Å². The highest BCUT2D eigenvalue weighted by molar-refractivity contribution is 6.10. The third kappa shape index (κ3) is 2.76. The molecule has 3 heterocycles. The standard InChI is InChI=1S/C22H17N3O7/c1-10-18(22(28)31-2)19-13-5-6-24(14(13)9-15(26)20(19)23-10)21(27)17-8-11-7-12(25(29)30)3-4-16(11)32-17/h3-4,7-9,13,23H,5-6H2,1-2H3. The summed E-state index contributed by atoms with van der Waals surface area (Å²) in [5, 5.41) is 11.4. The number of nitro groups is 1. The van der Waals surface area contributed by atoms with Gasteiger partial charge in [-0.2, -0.15) is 0 Å². The number of nitrogens with zero attached hydrogens (tertiary/aromatic N) is 2. The Hall–Kier alpha value is -4.21. The van der Waals surface area contributed by atoms with Crippen molar-refractivity contribution in [2.45, 2.75) is 19.3 Å². The molecule has 0 radical (unpaired) electrons. The van der Waals surface area contributed by atoms with Gasteiger partial charge in [0.25, 0.3) is 11.6 Å². The molecule has 0 saturated carbocycles. The Balaban J connectivity index is 1.52. The highest BCUT2D eigenvalue weighted by Gasteiger charge is 2.43. The van der Waals surface area contributed by atoms with E-state index in [1.54, 1.807) is 6.92 Å². The number of H-pyrrole nitrogens is 1. The van der Waals surface area contributed by atoms with Crippen molar-refractivity contribution in [3.63, 3.8) is 0 Å². The Labute approximate surface area is 180 Å². The van der Waals surface area contributed by atoms with Gasteiger partial charge in [-0.15, -0.1) is 0 Å². The predicted octanol–water partition coefficient (Wildman–Crippen LogP) is 3.47. The van der Waals surface area contributed by atoms with Gasteiger partial charge in [0.05, 0.1) is 23.3 Å². The number of ketones is 1. The first-order valence-electron chi connectivity index (χ1n) is 9.86. The fraction of sp³-hybridized carbons (Fsp3) is 0.227. The van der Waals surface area contributed by atoms with Crippen LogP contribution in [0.5, 0.6) is 0 Å². The molecule has 162 valence electrons. The molecule has 32 heavy (non-hydrogen) atoms. The van der Waals surface area contributed by atoms with Gasteiger partial charge >= 0.3 is 5.97 Å². The first-order valence-corrected chi connectivity index (χ1v) is 9.86.